The molecular formula is C32H49F2N5OS. The van der Waals surface area contributed by atoms with E-state index in [1.807, 2.05) is 17.7 Å². The van der Waals surface area contributed by atoms with Crippen LogP contribution in [0.3, 0.4) is 0 Å². The van der Waals surface area contributed by atoms with E-state index in [0.29, 0.717) is 37.1 Å². The van der Waals surface area contributed by atoms with Crippen LogP contribution in [-0.4, -0.2) is 64.0 Å². The summed E-state index contributed by atoms with van der Waals surface area (Å²) in [6.07, 6.45) is 3.52. The molecule has 0 radical (unpaired) electrons. The fourth-order valence-corrected chi connectivity index (χ4v) is 7.40. The van der Waals surface area contributed by atoms with Gasteiger partial charge in [0.2, 0.25) is 11.8 Å². The Hall–Kier alpha value is -2.13. The van der Waals surface area contributed by atoms with Gasteiger partial charge in [-0.05, 0) is 82.4 Å². The first kappa shape index (κ1) is 31.8. The summed E-state index contributed by atoms with van der Waals surface area (Å²) in [4.78, 5) is 15.5. The molecule has 1 aromatic heterocycles. The van der Waals surface area contributed by atoms with Gasteiger partial charge in [0.25, 0.3) is 0 Å². The molecule has 228 valence electrons. The first-order chi connectivity index (χ1) is 19.5. The molecule has 2 fully saturated rings. The number of rotatable bonds is 12. The van der Waals surface area contributed by atoms with Gasteiger partial charge >= 0.3 is 0 Å². The summed E-state index contributed by atoms with van der Waals surface area (Å²) in [5.74, 6) is -0.666. The van der Waals surface area contributed by atoms with Gasteiger partial charge in [-0.3, -0.25) is 14.4 Å². The van der Waals surface area contributed by atoms with Crippen LogP contribution in [0.5, 0.6) is 0 Å². The lowest BCUT2D eigenvalue weighted by atomic mass is 9.88. The van der Waals surface area contributed by atoms with Crippen molar-refractivity contribution < 1.29 is 13.6 Å². The molecule has 1 aliphatic heterocycles. The highest BCUT2D eigenvalue weighted by molar-refractivity contribution is 8.00. The molecule has 1 saturated carbocycles. The number of carbonyl (C=O) groups excluding carboxylic acids is 1. The van der Waals surface area contributed by atoms with E-state index in [9.17, 15) is 13.6 Å². The number of carbonyl (C=O) groups is 1. The highest BCUT2D eigenvalue weighted by atomic mass is 32.2. The minimum absolute atomic E-state index is 0.0203. The molecule has 0 bridgehead atoms. The van der Waals surface area contributed by atoms with Crippen LogP contribution in [0.4, 0.5) is 14.5 Å². The van der Waals surface area contributed by atoms with Crippen molar-refractivity contribution in [2.45, 2.75) is 104 Å². The molecule has 1 aliphatic carbocycles. The quantitative estimate of drug-likeness (QED) is 0.281. The Kier molecular flexibility index (Phi) is 11.1. The summed E-state index contributed by atoms with van der Waals surface area (Å²) in [5.41, 5.74) is 4.26. The second-order valence-corrected chi connectivity index (χ2v) is 13.7. The summed E-state index contributed by atoms with van der Waals surface area (Å²) in [6.45, 7) is 14.3. The van der Waals surface area contributed by atoms with E-state index in [1.54, 1.807) is 11.9 Å². The summed E-state index contributed by atoms with van der Waals surface area (Å²) in [6, 6.07) is 10.9. The zero-order chi connectivity index (χ0) is 29.6. The number of nitrogens with one attached hydrogen (secondary N) is 1. The van der Waals surface area contributed by atoms with E-state index in [1.165, 1.54) is 0 Å². The van der Waals surface area contributed by atoms with E-state index >= 15 is 0 Å². The lowest BCUT2D eigenvalue weighted by molar-refractivity contribution is -0.121. The predicted octanol–water partition coefficient (Wildman–Crippen LogP) is 6.65. The first-order valence-electron chi connectivity index (χ1n) is 15.4. The molecule has 1 N–H and O–H groups in total. The van der Waals surface area contributed by atoms with Gasteiger partial charge < -0.3 is 9.62 Å². The number of aryl methyl sites for hydroxylation is 1. The number of likely N-dealkylation sites (tertiary alicyclic amines) is 1. The SMILES string of the molecule is Cc1nn(CC(C)C)c(C)c1CC(=O)NC1CCN([C@H](C)CN(SCC2CCC(F)(F)CC2)c2ccccc2)CC1. The molecule has 1 saturated heterocycles. The molecule has 1 amide bonds. The average Bonchev–Trinajstić information content (AvgIpc) is 3.19. The van der Waals surface area contributed by atoms with Crippen molar-refractivity contribution in [3.63, 3.8) is 0 Å². The second-order valence-electron chi connectivity index (χ2n) is 12.6. The van der Waals surface area contributed by atoms with Gasteiger partial charge in [0.05, 0.1) is 12.1 Å². The third-order valence-corrected chi connectivity index (χ3v) is 9.99. The maximum Gasteiger partial charge on any atom is 0.248 e. The first-order valence-corrected chi connectivity index (χ1v) is 16.3. The highest BCUT2D eigenvalue weighted by Gasteiger charge is 2.35. The molecule has 6 nitrogen and oxygen atoms in total. The molecule has 1 aromatic carbocycles. The lowest BCUT2D eigenvalue weighted by Gasteiger charge is -2.39. The van der Waals surface area contributed by atoms with E-state index in [0.717, 1.165) is 67.4 Å². The van der Waals surface area contributed by atoms with Crippen LogP contribution in [0, 0.1) is 25.7 Å². The van der Waals surface area contributed by atoms with Crippen molar-refractivity contribution in [3.8, 4) is 0 Å². The Labute approximate surface area is 249 Å². The zero-order valence-corrected chi connectivity index (χ0v) is 26.4. The summed E-state index contributed by atoms with van der Waals surface area (Å²) >= 11 is 1.79. The van der Waals surface area contributed by atoms with E-state index in [2.05, 4.69) is 71.6 Å². The number of para-hydroxylation sites is 1. The number of piperidine rings is 1. The predicted molar refractivity (Wildman–Crippen MR) is 166 cm³/mol. The van der Waals surface area contributed by atoms with Gasteiger partial charge in [-0.2, -0.15) is 5.10 Å². The van der Waals surface area contributed by atoms with Crippen LogP contribution in [0.2, 0.25) is 0 Å². The molecule has 41 heavy (non-hydrogen) atoms. The second kappa shape index (κ2) is 14.4. The molecule has 2 aromatic rings. The Balaban J connectivity index is 1.26. The zero-order valence-electron chi connectivity index (χ0n) is 25.5. The minimum atomic E-state index is -2.48. The van der Waals surface area contributed by atoms with Gasteiger partial charge in [0.15, 0.2) is 0 Å². The Morgan fingerprint density at radius 2 is 1.76 bits per heavy atom. The van der Waals surface area contributed by atoms with Crippen LogP contribution < -0.4 is 9.62 Å². The van der Waals surface area contributed by atoms with Crippen molar-refractivity contribution >= 4 is 23.5 Å². The molecule has 0 unspecified atom stereocenters. The average molecular weight is 590 g/mol. The van der Waals surface area contributed by atoms with E-state index in [4.69, 9.17) is 0 Å². The topological polar surface area (TPSA) is 53.4 Å². The number of amides is 1. The number of aromatic nitrogens is 2. The Morgan fingerprint density at radius 3 is 2.39 bits per heavy atom. The number of hydrogen-bond acceptors (Lipinski definition) is 5. The van der Waals surface area contributed by atoms with Gasteiger partial charge in [0, 0.05) is 73.8 Å². The number of halogens is 2. The third-order valence-electron chi connectivity index (χ3n) is 8.70. The molecular weight excluding hydrogens is 540 g/mol. The molecule has 4 rings (SSSR count). The van der Waals surface area contributed by atoms with Crippen molar-refractivity contribution in [3.05, 3.63) is 47.3 Å². The largest absolute Gasteiger partial charge is 0.353 e. The van der Waals surface area contributed by atoms with Gasteiger partial charge in [0.1, 0.15) is 0 Å². The van der Waals surface area contributed by atoms with Crippen LogP contribution >= 0.6 is 11.9 Å². The highest BCUT2D eigenvalue weighted by Crippen LogP contribution is 2.38. The minimum Gasteiger partial charge on any atom is -0.353 e. The molecule has 1 atom stereocenters. The number of nitrogens with zero attached hydrogens (tertiary/aromatic N) is 4. The molecule has 0 spiro atoms. The summed E-state index contributed by atoms with van der Waals surface area (Å²) in [5, 5.41) is 7.95. The van der Waals surface area contributed by atoms with Crippen LogP contribution in [-0.2, 0) is 17.8 Å². The standard InChI is InChI=1S/C32H49F2N5OS/c1-23(2)20-38-26(5)30(25(4)36-38)19-31(40)35-28-13-17-37(18-14-28)24(3)21-39(29-9-7-6-8-10-29)41-22-27-11-15-32(33,34)16-12-27/h6-10,23-24,27-28H,11-22H2,1-5H3,(H,35,40)/t24-/m1/s1. The van der Waals surface area contributed by atoms with Crippen molar-refractivity contribution in [2.24, 2.45) is 11.8 Å². The van der Waals surface area contributed by atoms with E-state index in [-0.39, 0.29) is 24.8 Å². The van der Waals surface area contributed by atoms with Crippen molar-refractivity contribution in [1.82, 2.24) is 20.0 Å². The third kappa shape index (κ3) is 9.18. The van der Waals surface area contributed by atoms with Crippen LogP contribution in [0.25, 0.3) is 0 Å². The maximum absolute atomic E-state index is 13.6. The van der Waals surface area contributed by atoms with Crippen molar-refractivity contribution in [1.29, 1.82) is 0 Å². The monoisotopic (exact) mass is 589 g/mol. The van der Waals surface area contributed by atoms with Gasteiger partial charge in [-0.25, -0.2) is 8.78 Å². The van der Waals surface area contributed by atoms with Crippen LogP contribution in [0.1, 0.15) is 76.2 Å². The number of hydrogen-bond donors (Lipinski definition) is 1. The molecule has 2 heterocycles. The number of alkyl halides is 2. The fraction of sp³-hybridized carbons (Fsp3) is 0.688. The fourth-order valence-electron chi connectivity index (χ4n) is 6.08. The van der Waals surface area contributed by atoms with Crippen molar-refractivity contribution in [2.75, 3.05) is 29.7 Å². The van der Waals surface area contributed by atoms with E-state index < -0.39 is 5.92 Å². The Bertz CT molecular complexity index is 1110. The van der Waals surface area contributed by atoms with Crippen LogP contribution in [0.15, 0.2) is 30.3 Å². The maximum atomic E-state index is 13.6. The molecule has 9 heteroatoms. The Morgan fingerprint density at radius 1 is 1.10 bits per heavy atom. The smallest absolute Gasteiger partial charge is 0.248 e. The van der Waals surface area contributed by atoms with Gasteiger partial charge in [-0.1, -0.05) is 32.0 Å². The lowest BCUT2D eigenvalue weighted by Crippen LogP contribution is -2.49. The number of benzene rings is 1. The molecule has 2 aliphatic rings. The van der Waals surface area contributed by atoms with Gasteiger partial charge in [-0.15, -0.1) is 0 Å². The summed E-state index contributed by atoms with van der Waals surface area (Å²) < 4.78 is 31.7. The summed E-state index contributed by atoms with van der Waals surface area (Å²) in [7, 11) is 0. The normalized spacial score (nSPS) is 19.4. The number of anilines is 1.